The lowest BCUT2D eigenvalue weighted by molar-refractivity contribution is -0.141. The molecule has 0 fully saturated rings. The number of hydrogen-bond acceptors (Lipinski definition) is 4. The van der Waals surface area contributed by atoms with Gasteiger partial charge in [-0.25, -0.2) is 0 Å². The Labute approximate surface area is 185 Å². The van der Waals surface area contributed by atoms with Gasteiger partial charge in [0.25, 0.3) is 0 Å². The fourth-order valence-corrected chi connectivity index (χ4v) is 3.09. The highest BCUT2D eigenvalue weighted by Gasteiger charge is 2.26. The molecule has 0 heterocycles. The van der Waals surface area contributed by atoms with Gasteiger partial charge < -0.3 is 19.7 Å². The molecule has 0 saturated heterocycles. The summed E-state index contributed by atoms with van der Waals surface area (Å²) in [5.41, 5.74) is 0.913. The van der Waals surface area contributed by atoms with E-state index < -0.39 is 6.04 Å². The summed E-state index contributed by atoms with van der Waals surface area (Å²) in [5, 5.41) is 2.98. The summed E-state index contributed by atoms with van der Waals surface area (Å²) in [6, 6.07) is 16.6. The van der Waals surface area contributed by atoms with Gasteiger partial charge in [-0.05, 0) is 56.5 Å². The molecule has 168 valence electrons. The standard InChI is InChI=1S/C25H34N2O4/c1-5-19(2)26-25(29)20(3)27(18-21-11-9-14-23(17-21)30-4)24(28)15-10-16-31-22-12-7-6-8-13-22/h6-9,11-14,17,19-20H,5,10,15-16,18H2,1-4H3,(H,26,29)/t19-,20-/m0/s1. The minimum absolute atomic E-state index is 0.0583. The molecule has 0 radical (unpaired) electrons. The monoisotopic (exact) mass is 426 g/mol. The highest BCUT2D eigenvalue weighted by atomic mass is 16.5. The number of carbonyl (C=O) groups excluding carboxylic acids is 2. The van der Waals surface area contributed by atoms with Crippen molar-refractivity contribution in [3.8, 4) is 11.5 Å². The normalized spacial score (nSPS) is 12.5. The zero-order valence-corrected chi connectivity index (χ0v) is 19.0. The van der Waals surface area contributed by atoms with E-state index in [2.05, 4.69) is 5.32 Å². The molecule has 1 N–H and O–H groups in total. The highest BCUT2D eigenvalue weighted by molar-refractivity contribution is 5.87. The molecule has 0 spiro atoms. The van der Waals surface area contributed by atoms with E-state index in [-0.39, 0.29) is 17.9 Å². The zero-order chi connectivity index (χ0) is 22.6. The van der Waals surface area contributed by atoms with Crippen LogP contribution in [0.25, 0.3) is 0 Å². The number of rotatable bonds is 12. The van der Waals surface area contributed by atoms with Crippen molar-refractivity contribution in [2.24, 2.45) is 0 Å². The molecule has 0 bridgehead atoms. The van der Waals surface area contributed by atoms with Crippen LogP contribution >= 0.6 is 0 Å². The van der Waals surface area contributed by atoms with Gasteiger partial charge in [0, 0.05) is 19.0 Å². The number of para-hydroxylation sites is 1. The van der Waals surface area contributed by atoms with Crippen LogP contribution in [0.15, 0.2) is 54.6 Å². The summed E-state index contributed by atoms with van der Waals surface area (Å²) in [5.74, 6) is 1.28. The molecule has 0 aliphatic heterocycles. The van der Waals surface area contributed by atoms with Crippen LogP contribution in [0.5, 0.6) is 11.5 Å². The van der Waals surface area contributed by atoms with Gasteiger partial charge in [0.05, 0.1) is 13.7 Å². The number of amides is 2. The van der Waals surface area contributed by atoms with Gasteiger partial charge in [-0.2, -0.15) is 0 Å². The quantitative estimate of drug-likeness (QED) is 0.517. The molecule has 0 aliphatic carbocycles. The lowest BCUT2D eigenvalue weighted by Gasteiger charge is -2.30. The fourth-order valence-electron chi connectivity index (χ4n) is 3.09. The first-order valence-electron chi connectivity index (χ1n) is 10.8. The third-order valence-corrected chi connectivity index (χ3v) is 5.20. The molecule has 0 unspecified atom stereocenters. The zero-order valence-electron chi connectivity index (χ0n) is 19.0. The van der Waals surface area contributed by atoms with Crippen LogP contribution in [0.4, 0.5) is 0 Å². The second-order valence-corrected chi connectivity index (χ2v) is 7.63. The number of nitrogens with one attached hydrogen (secondary N) is 1. The smallest absolute Gasteiger partial charge is 0.242 e. The Morgan fingerprint density at radius 3 is 2.42 bits per heavy atom. The molecule has 2 rings (SSSR count). The summed E-state index contributed by atoms with van der Waals surface area (Å²) in [7, 11) is 1.61. The number of methoxy groups -OCH3 is 1. The third kappa shape index (κ3) is 7.96. The summed E-state index contributed by atoms with van der Waals surface area (Å²) in [6.45, 7) is 6.53. The van der Waals surface area contributed by atoms with Gasteiger partial charge >= 0.3 is 0 Å². The number of carbonyl (C=O) groups is 2. The van der Waals surface area contributed by atoms with Crippen molar-refractivity contribution in [3.05, 3.63) is 60.2 Å². The summed E-state index contributed by atoms with van der Waals surface area (Å²) < 4.78 is 11.0. The molecule has 6 heteroatoms. The van der Waals surface area contributed by atoms with E-state index in [9.17, 15) is 9.59 Å². The lowest BCUT2D eigenvalue weighted by atomic mass is 10.1. The van der Waals surface area contributed by atoms with Crippen LogP contribution in [0, 0.1) is 0 Å². The van der Waals surface area contributed by atoms with Crippen molar-refractivity contribution in [2.45, 2.75) is 58.7 Å². The van der Waals surface area contributed by atoms with Gasteiger partial charge in [-0.15, -0.1) is 0 Å². The molecule has 2 amide bonds. The molecule has 31 heavy (non-hydrogen) atoms. The van der Waals surface area contributed by atoms with Gasteiger partial charge in [-0.1, -0.05) is 37.3 Å². The van der Waals surface area contributed by atoms with Crippen molar-refractivity contribution in [1.29, 1.82) is 0 Å². The van der Waals surface area contributed by atoms with E-state index in [0.29, 0.717) is 26.0 Å². The first kappa shape index (κ1) is 24.3. The predicted molar refractivity (Wildman–Crippen MR) is 122 cm³/mol. The Morgan fingerprint density at radius 1 is 1.03 bits per heavy atom. The molecule has 0 aromatic heterocycles. The summed E-state index contributed by atoms with van der Waals surface area (Å²) in [6.07, 6.45) is 1.71. The third-order valence-electron chi connectivity index (χ3n) is 5.20. The topological polar surface area (TPSA) is 67.9 Å². The second-order valence-electron chi connectivity index (χ2n) is 7.63. The second kappa shape index (κ2) is 12.6. The largest absolute Gasteiger partial charge is 0.497 e. The van der Waals surface area contributed by atoms with E-state index in [0.717, 1.165) is 23.5 Å². The lowest BCUT2D eigenvalue weighted by Crippen LogP contribution is -2.49. The minimum Gasteiger partial charge on any atom is -0.497 e. The van der Waals surface area contributed by atoms with Crippen molar-refractivity contribution in [2.75, 3.05) is 13.7 Å². The predicted octanol–water partition coefficient (Wildman–Crippen LogP) is 4.19. The Kier molecular flexibility index (Phi) is 9.88. The van der Waals surface area contributed by atoms with E-state index in [1.807, 2.05) is 68.4 Å². The molecular weight excluding hydrogens is 392 g/mol. The van der Waals surface area contributed by atoms with Crippen LogP contribution < -0.4 is 14.8 Å². The van der Waals surface area contributed by atoms with Gasteiger partial charge in [0.2, 0.25) is 11.8 Å². The summed E-state index contributed by atoms with van der Waals surface area (Å²) in [4.78, 5) is 27.4. The first-order valence-corrected chi connectivity index (χ1v) is 10.8. The number of ether oxygens (including phenoxy) is 2. The summed E-state index contributed by atoms with van der Waals surface area (Å²) >= 11 is 0. The Hall–Kier alpha value is -3.02. The number of nitrogens with zero attached hydrogens (tertiary/aromatic N) is 1. The van der Waals surface area contributed by atoms with Crippen LogP contribution in [-0.2, 0) is 16.1 Å². The van der Waals surface area contributed by atoms with Crippen molar-refractivity contribution < 1.29 is 19.1 Å². The maximum Gasteiger partial charge on any atom is 0.242 e. The Morgan fingerprint density at radius 2 is 1.74 bits per heavy atom. The molecule has 6 nitrogen and oxygen atoms in total. The SMILES string of the molecule is CC[C@H](C)NC(=O)[C@H](C)N(Cc1cccc(OC)c1)C(=O)CCCOc1ccccc1. The van der Waals surface area contributed by atoms with Crippen LogP contribution in [0.3, 0.4) is 0 Å². The molecule has 2 aromatic carbocycles. The average Bonchev–Trinajstić information content (AvgIpc) is 2.80. The average molecular weight is 427 g/mol. The molecule has 2 atom stereocenters. The minimum atomic E-state index is -0.581. The van der Waals surface area contributed by atoms with Gasteiger partial charge in [0.1, 0.15) is 17.5 Å². The van der Waals surface area contributed by atoms with Crippen molar-refractivity contribution in [3.63, 3.8) is 0 Å². The number of hydrogen-bond donors (Lipinski definition) is 1. The van der Waals surface area contributed by atoms with Crippen LogP contribution in [-0.4, -0.2) is 42.5 Å². The van der Waals surface area contributed by atoms with Gasteiger partial charge in [-0.3, -0.25) is 9.59 Å². The van der Waals surface area contributed by atoms with Crippen molar-refractivity contribution >= 4 is 11.8 Å². The molecular formula is C25H34N2O4. The van der Waals surface area contributed by atoms with Crippen molar-refractivity contribution in [1.82, 2.24) is 10.2 Å². The maximum atomic E-state index is 13.1. The molecule has 0 saturated carbocycles. The molecule has 0 aliphatic rings. The number of benzene rings is 2. The highest BCUT2D eigenvalue weighted by Crippen LogP contribution is 2.17. The van der Waals surface area contributed by atoms with Crippen LogP contribution in [0.1, 0.15) is 45.6 Å². The van der Waals surface area contributed by atoms with Gasteiger partial charge in [0.15, 0.2) is 0 Å². The van der Waals surface area contributed by atoms with E-state index >= 15 is 0 Å². The fraction of sp³-hybridized carbons (Fsp3) is 0.440. The van der Waals surface area contributed by atoms with E-state index in [1.165, 1.54) is 0 Å². The maximum absolute atomic E-state index is 13.1. The van der Waals surface area contributed by atoms with Crippen LogP contribution in [0.2, 0.25) is 0 Å². The van der Waals surface area contributed by atoms with E-state index in [1.54, 1.807) is 18.9 Å². The Balaban J connectivity index is 2.03. The Bertz CT molecular complexity index is 825. The first-order chi connectivity index (χ1) is 14.9. The molecule has 2 aromatic rings. The van der Waals surface area contributed by atoms with E-state index in [4.69, 9.17) is 9.47 Å².